The van der Waals surface area contributed by atoms with E-state index in [1.165, 1.54) is 6.07 Å². The minimum atomic E-state index is -0.852. The van der Waals surface area contributed by atoms with Crippen LogP contribution in [0.1, 0.15) is 37.7 Å². The smallest absolute Gasteiger partial charge is 0.319 e. The number of phenolic OH excluding ortho intramolecular Hbond substituents is 1. The summed E-state index contributed by atoms with van der Waals surface area (Å²) in [6, 6.07) is 8.91. The molecule has 2 bridgehead atoms. The van der Waals surface area contributed by atoms with Gasteiger partial charge in [0, 0.05) is 55.3 Å². The minimum Gasteiger partial charge on any atom is -0.508 e. The zero-order valence-corrected chi connectivity index (χ0v) is 27.4. The fourth-order valence-corrected chi connectivity index (χ4v) is 7.83. The van der Waals surface area contributed by atoms with Gasteiger partial charge in [0.15, 0.2) is 5.82 Å². The van der Waals surface area contributed by atoms with Crippen molar-refractivity contribution in [2.75, 3.05) is 37.7 Å². The van der Waals surface area contributed by atoms with Gasteiger partial charge in [-0.25, -0.2) is 8.78 Å². The molecule has 4 fully saturated rings. The molecule has 4 aromatic rings. The molecular formula is C33H35Cl3F2N6O2. The summed E-state index contributed by atoms with van der Waals surface area (Å²) in [4.78, 5) is 19.0. The van der Waals surface area contributed by atoms with Gasteiger partial charge in [0.25, 0.3) is 0 Å². The number of pyridine rings is 1. The fourth-order valence-electron chi connectivity index (χ4n) is 7.83. The number of ether oxygens (including phenoxy) is 1. The number of hydrogen-bond donors (Lipinski definition) is 2. The molecule has 2 aromatic carbocycles. The Labute approximate surface area is 284 Å². The van der Waals surface area contributed by atoms with Crippen molar-refractivity contribution in [1.82, 2.24) is 25.2 Å². The Morgan fingerprint density at radius 3 is 2.63 bits per heavy atom. The van der Waals surface area contributed by atoms with Crippen LogP contribution in [0, 0.1) is 18.2 Å². The number of aromatic nitrogens is 3. The summed E-state index contributed by atoms with van der Waals surface area (Å²) in [5.41, 5.74) is 2.18. The summed E-state index contributed by atoms with van der Waals surface area (Å²) in [5.74, 6) is 2.71. The van der Waals surface area contributed by atoms with Gasteiger partial charge in [0.2, 0.25) is 0 Å². The quantitative estimate of drug-likeness (QED) is 0.253. The van der Waals surface area contributed by atoms with Gasteiger partial charge >= 0.3 is 6.01 Å². The van der Waals surface area contributed by atoms with Crippen molar-refractivity contribution in [3.63, 3.8) is 0 Å². The average molecular weight is 692 g/mol. The predicted molar refractivity (Wildman–Crippen MR) is 182 cm³/mol. The molecule has 4 aliphatic heterocycles. The largest absolute Gasteiger partial charge is 0.508 e. The van der Waals surface area contributed by atoms with Crippen LogP contribution >= 0.6 is 37.2 Å². The third-order valence-corrected chi connectivity index (χ3v) is 9.75. The third-order valence-electron chi connectivity index (χ3n) is 9.75. The van der Waals surface area contributed by atoms with Gasteiger partial charge < -0.3 is 20.1 Å². The first-order valence-electron chi connectivity index (χ1n) is 15.0. The number of hydrogen-bond acceptors (Lipinski definition) is 8. The summed E-state index contributed by atoms with van der Waals surface area (Å²) in [6.45, 7) is 3.24. The summed E-state index contributed by atoms with van der Waals surface area (Å²) >= 11 is 0. The van der Waals surface area contributed by atoms with Crippen LogP contribution in [0.25, 0.3) is 32.9 Å². The zero-order chi connectivity index (χ0) is 29.3. The molecule has 244 valence electrons. The number of terminal acetylenes is 1. The minimum absolute atomic E-state index is 0. The number of halogens is 5. The lowest BCUT2D eigenvalue weighted by Crippen LogP contribution is -2.51. The van der Waals surface area contributed by atoms with E-state index < -0.39 is 12.0 Å². The molecule has 6 heterocycles. The molecular weight excluding hydrogens is 657 g/mol. The number of nitrogens with zero attached hydrogens (tertiary/aromatic N) is 5. The Kier molecular flexibility index (Phi) is 9.74. The van der Waals surface area contributed by atoms with Gasteiger partial charge in [-0.15, -0.1) is 43.6 Å². The highest BCUT2D eigenvalue weighted by Crippen LogP contribution is 2.41. The molecule has 13 heteroatoms. The summed E-state index contributed by atoms with van der Waals surface area (Å²) in [5, 5.41) is 15.4. The van der Waals surface area contributed by atoms with Crippen LogP contribution in [0.5, 0.6) is 11.8 Å². The van der Waals surface area contributed by atoms with E-state index in [0.717, 1.165) is 45.3 Å². The van der Waals surface area contributed by atoms with E-state index in [-0.39, 0.29) is 60.1 Å². The number of piperazine rings is 1. The highest BCUT2D eigenvalue weighted by Gasteiger charge is 2.49. The molecule has 2 N–H and O–H groups in total. The van der Waals surface area contributed by atoms with E-state index in [2.05, 4.69) is 21.0 Å². The molecule has 0 amide bonds. The Hall–Kier alpha value is -3.20. The second-order valence-electron chi connectivity index (χ2n) is 12.5. The van der Waals surface area contributed by atoms with E-state index in [4.69, 9.17) is 26.1 Å². The highest BCUT2D eigenvalue weighted by molar-refractivity contribution is 6.03. The molecule has 0 aliphatic carbocycles. The van der Waals surface area contributed by atoms with Gasteiger partial charge in [0.05, 0.1) is 16.6 Å². The van der Waals surface area contributed by atoms with Crippen LogP contribution in [0.2, 0.25) is 0 Å². The van der Waals surface area contributed by atoms with Crippen molar-refractivity contribution >= 4 is 64.8 Å². The Balaban J connectivity index is 0.00000139. The van der Waals surface area contributed by atoms with E-state index in [9.17, 15) is 13.9 Å². The molecule has 4 aliphatic rings. The number of aromatic hydroxyl groups is 1. The van der Waals surface area contributed by atoms with Crippen LogP contribution in [0.4, 0.5) is 14.6 Å². The first kappa shape index (κ1) is 34.1. The van der Waals surface area contributed by atoms with Gasteiger partial charge in [0.1, 0.15) is 29.9 Å². The number of benzene rings is 2. The SMILES string of the molecule is C#Cc1c(F)ccc2cc(O)cc(-c3cnc4c(N5C[C@H]6CC[C@@H](C5)N6)nc(OC[C@@]56CCCN5C[C@H](F)C6)nc4c3)c12.Cl.Cl.Cl. The van der Waals surface area contributed by atoms with Crippen LogP contribution in [-0.2, 0) is 0 Å². The molecule has 4 atom stereocenters. The Morgan fingerprint density at radius 1 is 1.09 bits per heavy atom. The molecule has 0 unspecified atom stereocenters. The maximum atomic E-state index is 14.8. The van der Waals surface area contributed by atoms with Gasteiger partial charge in [-0.3, -0.25) is 9.88 Å². The predicted octanol–water partition coefficient (Wildman–Crippen LogP) is 5.83. The van der Waals surface area contributed by atoms with Crippen molar-refractivity contribution in [3.05, 3.63) is 47.9 Å². The van der Waals surface area contributed by atoms with Crippen molar-refractivity contribution in [2.45, 2.75) is 55.9 Å². The standard InChI is InChI=1S/C33H32F2N6O2.3ClH/c1-2-25-27(35)7-4-19-10-24(42)12-26(29(19)25)20-11-28-30(36-14-20)31(40-16-22-5-6-23(17-40)37-22)39-32(38-28)43-18-33-8-3-9-41(33)15-21(34)13-33;;;/h1,4,7,10-12,14,21-23,37,42H,3,5-6,8-9,13,15-18H2;3*1H/t21-,22-,23+,33+;;;/m1.../s1. The number of anilines is 1. The average Bonchev–Trinajstić information content (AvgIpc) is 3.65. The fraction of sp³-hybridized carbons (Fsp3) is 0.424. The maximum Gasteiger partial charge on any atom is 0.319 e. The van der Waals surface area contributed by atoms with Crippen molar-refractivity contribution < 1.29 is 18.6 Å². The summed E-state index contributed by atoms with van der Waals surface area (Å²) in [6.07, 6.45) is 11.2. The molecule has 8 nitrogen and oxygen atoms in total. The topological polar surface area (TPSA) is 86.6 Å². The van der Waals surface area contributed by atoms with Gasteiger partial charge in [-0.05, 0) is 67.4 Å². The Bertz CT molecular complexity index is 1810. The van der Waals surface area contributed by atoms with Crippen molar-refractivity contribution in [3.8, 4) is 35.2 Å². The normalized spacial score (nSPS) is 25.0. The molecule has 8 rings (SSSR count). The second kappa shape index (κ2) is 13.1. The summed E-state index contributed by atoms with van der Waals surface area (Å²) < 4.78 is 35.5. The first-order chi connectivity index (χ1) is 20.9. The van der Waals surface area contributed by atoms with E-state index >= 15 is 0 Å². The number of fused-ring (bicyclic) bond motifs is 5. The van der Waals surface area contributed by atoms with Crippen molar-refractivity contribution in [1.29, 1.82) is 0 Å². The van der Waals surface area contributed by atoms with Crippen molar-refractivity contribution in [2.24, 2.45) is 0 Å². The van der Waals surface area contributed by atoms with Crippen LogP contribution < -0.4 is 15.0 Å². The zero-order valence-electron chi connectivity index (χ0n) is 24.9. The van der Waals surface area contributed by atoms with Crippen LogP contribution in [-0.4, -0.2) is 81.5 Å². The van der Waals surface area contributed by atoms with Gasteiger partial charge in [-0.1, -0.05) is 12.0 Å². The Morgan fingerprint density at radius 2 is 1.87 bits per heavy atom. The maximum absolute atomic E-state index is 14.8. The lowest BCUT2D eigenvalue weighted by molar-refractivity contribution is 0.107. The number of phenols is 1. The van der Waals surface area contributed by atoms with Crippen LogP contribution in [0.3, 0.4) is 0 Å². The van der Waals surface area contributed by atoms with Crippen LogP contribution in [0.15, 0.2) is 36.5 Å². The van der Waals surface area contributed by atoms with Gasteiger partial charge in [-0.2, -0.15) is 9.97 Å². The molecule has 0 radical (unpaired) electrons. The third kappa shape index (κ3) is 5.77. The molecule has 4 saturated heterocycles. The molecule has 0 saturated carbocycles. The lowest BCUT2D eigenvalue weighted by Gasteiger charge is -2.34. The first-order valence-corrected chi connectivity index (χ1v) is 15.0. The number of rotatable bonds is 5. The molecule has 0 spiro atoms. The van der Waals surface area contributed by atoms with E-state index in [0.29, 0.717) is 70.4 Å². The second-order valence-corrected chi connectivity index (χ2v) is 12.5. The monoisotopic (exact) mass is 690 g/mol. The number of alkyl halides is 1. The summed E-state index contributed by atoms with van der Waals surface area (Å²) in [7, 11) is 0. The van der Waals surface area contributed by atoms with E-state index in [1.54, 1.807) is 24.4 Å². The molecule has 2 aromatic heterocycles. The highest BCUT2D eigenvalue weighted by atomic mass is 35.5. The molecule has 46 heavy (non-hydrogen) atoms. The lowest BCUT2D eigenvalue weighted by atomic mass is 9.94. The van der Waals surface area contributed by atoms with E-state index in [1.807, 2.05) is 6.07 Å². The number of nitrogens with one attached hydrogen (secondary N) is 1.